The smallest absolute Gasteiger partial charge is 0.340 e. The minimum atomic E-state index is -0.628. The maximum Gasteiger partial charge on any atom is 0.340 e. The van der Waals surface area contributed by atoms with Crippen LogP contribution in [0.25, 0.3) is 0 Å². The third-order valence-corrected chi connectivity index (χ3v) is 3.82. The highest BCUT2D eigenvalue weighted by atomic mass is 19.1. The van der Waals surface area contributed by atoms with Crippen LogP contribution in [0.15, 0.2) is 42.6 Å². The average molecular weight is 344 g/mol. The van der Waals surface area contributed by atoms with E-state index < -0.39 is 24.2 Å². The molecule has 1 aliphatic rings. The van der Waals surface area contributed by atoms with Gasteiger partial charge in [0.25, 0.3) is 0 Å². The largest absolute Gasteiger partial charge is 0.454 e. The molecule has 130 valence electrons. The highest BCUT2D eigenvalue weighted by molar-refractivity contribution is 5.99. The van der Waals surface area contributed by atoms with Gasteiger partial charge in [-0.3, -0.25) is 4.79 Å². The van der Waals surface area contributed by atoms with Crippen molar-refractivity contribution in [2.75, 3.05) is 37.8 Å². The zero-order valence-corrected chi connectivity index (χ0v) is 13.5. The summed E-state index contributed by atoms with van der Waals surface area (Å²) in [6.45, 7) is 2.40. The van der Waals surface area contributed by atoms with Gasteiger partial charge >= 0.3 is 5.97 Å². The number of nitrogens with zero attached hydrogens (tertiary/aromatic N) is 2. The third kappa shape index (κ3) is 4.39. The van der Waals surface area contributed by atoms with Gasteiger partial charge in [-0.25, -0.2) is 14.2 Å². The molecule has 6 nitrogen and oxygen atoms in total. The number of benzene rings is 1. The molecule has 0 N–H and O–H groups in total. The van der Waals surface area contributed by atoms with E-state index in [0.29, 0.717) is 13.2 Å². The van der Waals surface area contributed by atoms with Gasteiger partial charge in [-0.15, -0.1) is 0 Å². The normalized spacial score (nSPS) is 14.2. The quantitative estimate of drug-likeness (QED) is 0.611. The Morgan fingerprint density at radius 1 is 1.08 bits per heavy atom. The van der Waals surface area contributed by atoms with Gasteiger partial charge in [-0.1, -0.05) is 0 Å². The minimum Gasteiger partial charge on any atom is -0.454 e. The van der Waals surface area contributed by atoms with E-state index >= 15 is 0 Å². The maximum atomic E-state index is 12.8. The van der Waals surface area contributed by atoms with Crippen LogP contribution in [0.2, 0.25) is 0 Å². The average Bonchev–Trinajstić information content (AvgIpc) is 2.67. The number of Topliss-reactive ketones (excluding diaryl/α,β-unsaturated/α-hetero) is 1. The third-order valence-electron chi connectivity index (χ3n) is 3.82. The van der Waals surface area contributed by atoms with Crippen molar-refractivity contribution in [3.8, 4) is 0 Å². The van der Waals surface area contributed by atoms with Crippen LogP contribution in [0, 0.1) is 5.82 Å². The van der Waals surface area contributed by atoms with Crippen molar-refractivity contribution in [3.63, 3.8) is 0 Å². The molecule has 1 aliphatic heterocycles. The van der Waals surface area contributed by atoms with Crippen LogP contribution in [0.5, 0.6) is 0 Å². The van der Waals surface area contributed by atoms with Gasteiger partial charge in [0.05, 0.1) is 18.8 Å². The molecule has 0 atom stereocenters. The molecule has 0 unspecified atom stereocenters. The summed E-state index contributed by atoms with van der Waals surface area (Å²) in [4.78, 5) is 30.3. The Balaban J connectivity index is 1.55. The highest BCUT2D eigenvalue weighted by Gasteiger charge is 2.15. The molecular weight excluding hydrogens is 327 g/mol. The number of ketones is 1. The Bertz CT molecular complexity index is 741. The molecule has 3 rings (SSSR count). The summed E-state index contributed by atoms with van der Waals surface area (Å²) in [6, 6.07) is 8.42. The monoisotopic (exact) mass is 344 g/mol. The molecule has 2 heterocycles. The molecule has 25 heavy (non-hydrogen) atoms. The van der Waals surface area contributed by atoms with E-state index in [1.165, 1.54) is 30.5 Å². The number of rotatable bonds is 5. The molecule has 0 aliphatic carbocycles. The molecule has 1 saturated heterocycles. The van der Waals surface area contributed by atoms with Crippen LogP contribution < -0.4 is 4.90 Å². The summed E-state index contributed by atoms with van der Waals surface area (Å²) < 4.78 is 23.1. The van der Waals surface area contributed by atoms with Crippen molar-refractivity contribution in [1.29, 1.82) is 0 Å². The van der Waals surface area contributed by atoms with Crippen molar-refractivity contribution < 1.29 is 23.5 Å². The second-order valence-corrected chi connectivity index (χ2v) is 5.51. The molecule has 0 amide bonds. The summed E-state index contributed by atoms with van der Waals surface area (Å²) in [5.41, 5.74) is 0.555. The molecule has 0 bridgehead atoms. The topological polar surface area (TPSA) is 68.7 Å². The molecule has 1 aromatic heterocycles. The van der Waals surface area contributed by atoms with Gasteiger partial charge in [0.2, 0.25) is 0 Å². The molecule has 0 saturated carbocycles. The van der Waals surface area contributed by atoms with Gasteiger partial charge in [0.15, 0.2) is 12.4 Å². The van der Waals surface area contributed by atoms with E-state index in [2.05, 4.69) is 9.88 Å². The first-order valence-corrected chi connectivity index (χ1v) is 7.88. The summed E-state index contributed by atoms with van der Waals surface area (Å²) in [7, 11) is 0. The fraction of sp³-hybridized carbons (Fsp3) is 0.278. The number of halogens is 1. The SMILES string of the molecule is O=C(COC(=O)c1ccc(N2CCOCC2)nc1)c1ccc(F)cc1. The molecular formula is C18H17FN2O4. The number of esters is 1. The second kappa shape index (κ2) is 7.85. The zero-order valence-electron chi connectivity index (χ0n) is 13.5. The predicted molar refractivity (Wildman–Crippen MR) is 88.3 cm³/mol. The van der Waals surface area contributed by atoms with Gasteiger partial charge in [0, 0.05) is 24.8 Å². The van der Waals surface area contributed by atoms with E-state index in [0.717, 1.165) is 18.9 Å². The first kappa shape index (κ1) is 17.0. The number of hydrogen-bond acceptors (Lipinski definition) is 6. The molecule has 0 radical (unpaired) electrons. The van der Waals surface area contributed by atoms with Crippen LogP contribution in [0.1, 0.15) is 20.7 Å². The van der Waals surface area contributed by atoms with Crippen LogP contribution in [-0.2, 0) is 9.47 Å². The maximum absolute atomic E-state index is 12.8. The van der Waals surface area contributed by atoms with Crippen LogP contribution in [-0.4, -0.2) is 49.6 Å². The van der Waals surface area contributed by atoms with Gasteiger partial charge in [0.1, 0.15) is 11.6 Å². The molecule has 1 fully saturated rings. The first-order chi connectivity index (χ1) is 12.1. The summed E-state index contributed by atoms with van der Waals surface area (Å²) in [5.74, 6) is -0.690. The lowest BCUT2D eigenvalue weighted by Gasteiger charge is -2.27. The standard InChI is InChI=1S/C18H17FN2O4/c19-15-4-1-13(2-5-15)16(22)12-25-18(23)14-3-6-17(20-11-14)21-7-9-24-10-8-21/h1-6,11H,7-10,12H2. The van der Waals surface area contributed by atoms with E-state index in [1.54, 1.807) is 12.1 Å². The van der Waals surface area contributed by atoms with E-state index in [4.69, 9.17) is 9.47 Å². The van der Waals surface area contributed by atoms with E-state index in [9.17, 15) is 14.0 Å². The second-order valence-electron chi connectivity index (χ2n) is 5.51. The van der Waals surface area contributed by atoms with E-state index in [1.807, 2.05) is 0 Å². The number of hydrogen-bond donors (Lipinski definition) is 0. The van der Waals surface area contributed by atoms with E-state index in [-0.39, 0.29) is 11.1 Å². The molecule has 1 aromatic carbocycles. The summed E-state index contributed by atoms with van der Waals surface area (Å²) in [5, 5.41) is 0. The molecule has 7 heteroatoms. The minimum absolute atomic E-state index is 0.268. The molecule has 0 spiro atoms. The number of ether oxygens (including phenoxy) is 2. The highest BCUT2D eigenvalue weighted by Crippen LogP contribution is 2.14. The lowest BCUT2D eigenvalue weighted by molar-refractivity contribution is 0.0474. The summed E-state index contributed by atoms with van der Waals surface area (Å²) >= 11 is 0. The summed E-state index contributed by atoms with van der Waals surface area (Å²) in [6.07, 6.45) is 1.43. The Morgan fingerprint density at radius 2 is 1.76 bits per heavy atom. The number of pyridine rings is 1. The number of anilines is 1. The number of morpholine rings is 1. The number of carbonyl (C=O) groups excluding carboxylic acids is 2. The lowest BCUT2D eigenvalue weighted by atomic mass is 10.1. The van der Waals surface area contributed by atoms with Crippen LogP contribution in [0.4, 0.5) is 10.2 Å². The zero-order chi connectivity index (χ0) is 17.6. The van der Waals surface area contributed by atoms with Gasteiger partial charge in [-0.05, 0) is 36.4 Å². The Hall–Kier alpha value is -2.80. The van der Waals surface area contributed by atoms with Crippen molar-refractivity contribution >= 4 is 17.6 Å². The Morgan fingerprint density at radius 3 is 2.40 bits per heavy atom. The number of carbonyl (C=O) groups is 2. The van der Waals surface area contributed by atoms with Crippen molar-refractivity contribution in [1.82, 2.24) is 4.98 Å². The Kier molecular flexibility index (Phi) is 5.35. The van der Waals surface area contributed by atoms with Crippen molar-refractivity contribution in [3.05, 3.63) is 59.5 Å². The lowest BCUT2D eigenvalue weighted by Crippen LogP contribution is -2.36. The number of aromatic nitrogens is 1. The molecule has 2 aromatic rings. The fourth-order valence-corrected chi connectivity index (χ4v) is 2.42. The van der Waals surface area contributed by atoms with Crippen molar-refractivity contribution in [2.24, 2.45) is 0 Å². The van der Waals surface area contributed by atoms with Crippen LogP contribution >= 0.6 is 0 Å². The van der Waals surface area contributed by atoms with Crippen molar-refractivity contribution in [2.45, 2.75) is 0 Å². The van der Waals surface area contributed by atoms with Crippen LogP contribution in [0.3, 0.4) is 0 Å². The predicted octanol–water partition coefficient (Wildman–Crippen LogP) is 2.10. The fourth-order valence-electron chi connectivity index (χ4n) is 2.42. The van der Waals surface area contributed by atoms with Gasteiger partial charge in [-0.2, -0.15) is 0 Å². The Labute approximate surface area is 144 Å². The first-order valence-electron chi connectivity index (χ1n) is 7.88. The van der Waals surface area contributed by atoms with Gasteiger partial charge < -0.3 is 14.4 Å².